The van der Waals surface area contributed by atoms with E-state index >= 15 is 0 Å². The molecule has 0 bridgehead atoms. The number of nitrogens with zero attached hydrogens (tertiary/aromatic N) is 3. The van der Waals surface area contributed by atoms with Crippen molar-refractivity contribution in [2.45, 2.75) is 33.6 Å². The summed E-state index contributed by atoms with van der Waals surface area (Å²) in [4.78, 5) is 35.5. The summed E-state index contributed by atoms with van der Waals surface area (Å²) in [7, 11) is 0. The summed E-state index contributed by atoms with van der Waals surface area (Å²) in [6.45, 7) is 6.92. The maximum absolute atomic E-state index is 12.6. The van der Waals surface area contributed by atoms with Crippen molar-refractivity contribution in [1.82, 2.24) is 9.97 Å². The second kappa shape index (κ2) is 7.64. The number of rotatable bonds is 4. The molecule has 1 amide bonds. The fourth-order valence-electron chi connectivity index (χ4n) is 3.32. The van der Waals surface area contributed by atoms with Crippen molar-refractivity contribution >= 4 is 23.3 Å². The zero-order valence-electron chi connectivity index (χ0n) is 15.5. The first-order valence-corrected chi connectivity index (χ1v) is 8.92. The molecule has 0 aliphatic carbocycles. The molecule has 1 aromatic carbocycles. The molecule has 6 nitrogen and oxygen atoms in total. The number of aromatic nitrogens is 2. The quantitative estimate of drug-likeness (QED) is 0.856. The third-order valence-electron chi connectivity index (χ3n) is 4.68. The highest BCUT2D eigenvalue weighted by atomic mass is 16.2. The zero-order chi connectivity index (χ0) is 18.7. The predicted molar refractivity (Wildman–Crippen MR) is 102 cm³/mol. The van der Waals surface area contributed by atoms with Crippen molar-refractivity contribution in [3.05, 3.63) is 47.3 Å². The van der Waals surface area contributed by atoms with Crippen molar-refractivity contribution in [1.29, 1.82) is 0 Å². The molecule has 0 unspecified atom stereocenters. The lowest BCUT2D eigenvalue weighted by Gasteiger charge is -2.31. The molecule has 0 radical (unpaired) electrons. The smallest absolute Gasteiger partial charge is 0.227 e. The van der Waals surface area contributed by atoms with Gasteiger partial charge < -0.3 is 10.2 Å². The molecule has 2 heterocycles. The molecule has 0 spiro atoms. The first-order valence-electron chi connectivity index (χ1n) is 8.92. The third-order valence-corrected chi connectivity index (χ3v) is 4.68. The van der Waals surface area contributed by atoms with E-state index in [2.05, 4.69) is 20.2 Å². The maximum atomic E-state index is 12.6. The van der Waals surface area contributed by atoms with Crippen LogP contribution in [-0.4, -0.2) is 34.7 Å². The topological polar surface area (TPSA) is 75.2 Å². The van der Waals surface area contributed by atoms with Crippen LogP contribution in [0.1, 0.15) is 41.5 Å². The Labute approximate surface area is 153 Å². The molecule has 1 N–H and O–H groups in total. The molecule has 26 heavy (non-hydrogen) atoms. The minimum atomic E-state index is -0.0721. The Bertz CT molecular complexity index is 806. The summed E-state index contributed by atoms with van der Waals surface area (Å²) in [6.07, 6.45) is 1.48. The average molecular weight is 352 g/mol. The monoisotopic (exact) mass is 352 g/mol. The van der Waals surface area contributed by atoms with Gasteiger partial charge in [0.15, 0.2) is 5.78 Å². The van der Waals surface area contributed by atoms with E-state index in [9.17, 15) is 9.59 Å². The number of benzene rings is 1. The number of carbonyl (C=O) groups excluding carboxylic acids is 2. The number of amides is 1. The van der Waals surface area contributed by atoms with Gasteiger partial charge in [-0.05, 0) is 51.8 Å². The van der Waals surface area contributed by atoms with Crippen LogP contribution in [0.15, 0.2) is 30.3 Å². The molecule has 1 saturated heterocycles. The summed E-state index contributed by atoms with van der Waals surface area (Å²) < 4.78 is 0. The van der Waals surface area contributed by atoms with Crippen LogP contribution in [0.25, 0.3) is 0 Å². The van der Waals surface area contributed by atoms with Gasteiger partial charge in [-0.15, -0.1) is 0 Å². The Morgan fingerprint density at radius 3 is 2.31 bits per heavy atom. The van der Waals surface area contributed by atoms with Gasteiger partial charge in [-0.3, -0.25) is 9.59 Å². The largest absolute Gasteiger partial charge is 0.341 e. The Morgan fingerprint density at radius 1 is 1.08 bits per heavy atom. The molecule has 3 rings (SSSR count). The van der Waals surface area contributed by atoms with Gasteiger partial charge in [0.2, 0.25) is 11.9 Å². The van der Waals surface area contributed by atoms with Crippen LogP contribution >= 0.6 is 0 Å². The van der Waals surface area contributed by atoms with Crippen molar-refractivity contribution in [2.75, 3.05) is 23.3 Å². The molecule has 0 atom stereocenters. The number of Topliss-reactive ketones (excluding diaryl/α,β-unsaturated/α-hetero) is 1. The number of hydrogen-bond acceptors (Lipinski definition) is 5. The lowest BCUT2D eigenvalue weighted by atomic mass is 9.95. The van der Waals surface area contributed by atoms with Crippen LogP contribution < -0.4 is 10.2 Å². The number of nitrogens with one attached hydrogen (secondary N) is 1. The van der Waals surface area contributed by atoms with E-state index < -0.39 is 0 Å². The Balaban J connectivity index is 1.63. The van der Waals surface area contributed by atoms with Crippen LogP contribution in [0.5, 0.6) is 0 Å². The van der Waals surface area contributed by atoms with Gasteiger partial charge in [0.25, 0.3) is 0 Å². The lowest BCUT2D eigenvalue weighted by Crippen LogP contribution is -2.39. The maximum Gasteiger partial charge on any atom is 0.227 e. The predicted octanol–water partition coefficient (Wildman–Crippen LogP) is 3.15. The number of anilines is 2. The summed E-state index contributed by atoms with van der Waals surface area (Å²) in [5, 5.41) is 2.92. The standard InChI is InChI=1S/C20H24N4O2/c1-13-12-14(2)22-20(21-13)24-10-8-16(9-11-24)19(26)23-18-7-5-4-6-17(18)15(3)25/h4-7,12,16H,8-11H2,1-3H3,(H,23,26). The minimum Gasteiger partial charge on any atom is -0.341 e. The van der Waals surface area contributed by atoms with Gasteiger partial charge >= 0.3 is 0 Å². The van der Waals surface area contributed by atoms with E-state index in [1.807, 2.05) is 26.0 Å². The molecule has 1 fully saturated rings. The number of ketones is 1. The van der Waals surface area contributed by atoms with Crippen molar-refractivity contribution in [3.63, 3.8) is 0 Å². The summed E-state index contributed by atoms with van der Waals surface area (Å²) >= 11 is 0. The molecule has 136 valence electrons. The molecule has 1 aromatic heterocycles. The highest BCUT2D eigenvalue weighted by Gasteiger charge is 2.27. The van der Waals surface area contributed by atoms with Crippen LogP contribution in [0, 0.1) is 19.8 Å². The third kappa shape index (κ3) is 4.07. The number of aryl methyl sites for hydroxylation is 2. The van der Waals surface area contributed by atoms with Gasteiger partial charge in [0.1, 0.15) is 0 Å². The molecular formula is C20H24N4O2. The number of hydrogen-bond donors (Lipinski definition) is 1. The van der Waals surface area contributed by atoms with E-state index in [0.29, 0.717) is 11.3 Å². The van der Waals surface area contributed by atoms with E-state index in [1.54, 1.807) is 18.2 Å². The van der Waals surface area contributed by atoms with E-state index in [1.165, 1.54) is 6.92 Å². The average Bonchev–Trinajstić information content (AvgIpc) is 2.61. The number of carbonyl (C=O) groups is 2. The summed E-state index contributed by atoms with van der Waals surface area (Å²) in [6, 6.07) is 9.08. The Kier molecular flexibility index (Phi) is 5.30. The van der Waals surface area contributed by atoms with Crippen LogP contribution in [0.4, 0.5) is 11.6 Å². The zero-order valence-corrected chi connectivity index (χ0v) is 15.5. The normalized spacial score (nSPS) is 15.0. The first-order chi connectivity index (χ1) is 12.4. The van der Waals surface area contributed by atoms with Crippen molar-refractivity contribution in [2.24, 2.45) is 5.92 Å². The van der Waals surface area contributed by atoms with Crippen molar-refractivity contribution in [3.8, 4) is 0 Å². The van der Waals surface area contributed by atoms with Crippen molar-refractivity contribution < 1.29 is 9.59 Å². The summed E-state index contributed by atoms with van der Waals surface area (Å²) in [5.41, 5.74) is 3.04. The number of para-hydroxylation sites is 1. The molecule has 6 heteroatoms. The second-order valence-electron chi connectivity index (χ2n) is 6.80. The van der Waals surface area contributed by atoms with Crippen LogP contribution in [-0.2, 0) is 4.79 Å². The fourth-order valence-corrected chi connectivity index (χ4v) is 3.32. The highest BCUT2D eigenvalue weighted by Crippen LogP contribution is 2.24. The van der Waals surface area contributed by atoms with E-state index in [-0.39, 0.29) is 17.6 Å². The Morgan fingerprint density at radius 2 is 1.69 bits per heavy atom. The van der Waals surface area contributed by atoms with Crippen LogP contribution in [0.3, 0.4) is 0 Å². The van der Waals surface area contributed by atoms with Gasteiger partial charge in [0, 0.05) is 36.0 Å². The molecule has 2 aromatic rings. The van der Waals surface area contributed by atoms with Gasteiger partial charge in [-0.2, -0.15) is 0 Å². The highest BCUT2D eigenvalue weighted by molar-refractivity contribution is 6.04. The lowest BCUT2D eigenvalue weighted by molar-refractivity contribution is -0.120. The molecule has 1 aliphatic heterocycles. The molecule has 0 saturated carbocycles. The fraction of sp³-hybridized carbons (Fsp3) is 0.400. The minimum absolute atomic E-state index is 0.0281. The number of piperidine rings is 1. The van der Waals surface area contributed by atoms with Gasteiger partial charge in [-0.1, -0.05) is 12.1 Å². The van der Waals surface area contributed by atoms with E-state index in [4.69, 9.17) is 0 Å². The summed E-state index contributed by atoms with van der Waals surface area (Å²) in [5.74, 6) is 0.586. The van der Waals surface area contributed by atoms with Gasteiger partial charge in [-0.25, -0.2) is 9.97 Å². The molecule has 1 aliphatic rings. The first kappa shape index (κ1) is 18.0. The van der Waals surface area contributed by atoms with E-state index in [0.717, 1.165) is 43.3 Å². The Hall–Kier alpha value is -2.76. The van der Waals surface area contributed by atoms with Crippen LogP contribution in [0.2, 0.25) is 0 Å². The second-order valence-corrected chi connectivity index (χ2v) is 6.80. The van der Waals surface area contributed by atoms with Gasteiger partial charge in [0.05, 0.1) is 5.69 Å². The SMILES string of the molecule is CC(=O)c1ccccc1NC(=O)C1CCN(c2nc(C)cc(C)n2)CC1. The molecular weight excluding hydrogens is 328 g/mol.